The monoisotopic (exact) mass is 491 g/mol. The van der Waals surface area contributed by atoms with Crippen LogP contribution in [0.5, 0.6) is 0 Å². The molecule has 3 heterocycles. The zero-order valence-electron chi connectivity index (χ0n) is 21.1. The van der Waals surface area contributed by atoms with Crippen LogP contribution in [0.4, 0.5) is 11.4 Å². The third-order valence-corrected chi connectivity index (χ3v) is 6.81. The summed E-state index contributed by atoms with van der Waals surface area (Å²) < 4.78 is 7.30. The Morgan fingerprint density at radius 1 is 1.20 bits per heavy atom. The van der Waals surface area contributed by atoms with E-state index in [-0.39, 0.29) is 24.6 Å². The number of amides is 1. The molecule has 0 bridgehead atoms. The SMILES string of the molecule is COCC(=O)Nc1ccc(N2C(=S)N[C@H](c3ccccn3)[C@H]2c2cc(C)n(C(C)C)c2C)cc1C. The van der Waals surface area contributed by atoms with Gasteiger partial charge in [-0.2, -0.15) is 0 Å². The highest BCUT2D eigenvalue weighted by molar-refractivity contribution is 7.80. The first kappa shape index (κ1) is 24.9. The first-order valence-electron chi connectivity index (χ1n) is 11.8. The Labute approximate surface area is 212 Å². The van der Waals surface area contributed by atoms with Gasteiger partial charge in [0.1, 0.15) is 6.61 Å². The number of aromatic nitrogens is 2. The summed E-state index contributed by atoms with van der Waals surface area (Å²) in [6.07, 6.45) is 1.82. The van der Waals surface area contributed by atoms with Crippen molar-refractivity contribution in [2.24, 2.45) is 0 Å². The van der Waals surface area contributed by atoms with E-state index >= 15 is 0 Å². The fourth-order valence-electron chi connectivity index (χ4n) is 5.10. The molecule has 1 amide bonds. The van der Waals surface area contributed by atoms with Crippen LogP contribution in [0.3, 0.4) is 0 Å². The number of nitrogens with zero attached hydrogens (tertiary/aromatic N) is 3. The molecule has 8 heteroatoms. The number of methoxy groups -OCH3 is 1. The highest BCUT2D eigenvalue weighted by atomic mass is 32.1. The summed E-state index contributed by atoms with van der Waals surface area (Å²) in [5, 5.41) is 7.09. The number of hydrogen-bond acceptors (Lipinski definition) is 4. The lowest BCUT2D eigenvalue weighted by Crippen LogP contribution is -2.29. The van der Waals surface area contributed by atoms with Gasteiger partial charge in [-0.1, -0.05) is 6.07 Å². The molecule has 3 aromatic rings. The highest BCUT2D eigenvalue weighted by Crippen LogP contribution is 2.44. The van der Waals surface area contributed by atoms with Gasteiger partial charge in [0, 0.05) is 42.1 Å². The van der Waals surface area contributed by atoms with Crippen LogP contribution in [0.2, 0.25) is 0 Å². The van der Waals surface area contributed by atoms with Crippen LogP contribution >= 0.6 is 12.2 Å². The molecule has 184 valence electrons. The Morgan fingerprint density at radius 3 is 2.57 bits per heavy atom. The Morgan fingerprint density at radius 2 is 1.97 bits per heavy atom. The molecule has 0 spiro atoms. The summed E-state index contributed by atoms with van der Waals surface area (Å²) in [5.41, 5.74) is 7.26. The van der Waals surface area contributed by atoms with Gasteiger partial charge in [0.05, 0.1) is 17.8 Å². The molecular formula is C27H33N5O2S. The summed E-state index contributed by atoms with van der Waals surface area (Å²) in [4.78, 5) is 18.9. The van der Waals surface area contributed by atoms with Gasteiger partial charge in [-0.15, -0.1) is 0 Å². The second-order valence-electron chi connectivity index (χ2n) is 9.27. The van der Waals surface area contributed by atoms with Crippen LogP contribution < -0.4 is 15.5 Å². The molecule has 1 fully saturated rings. The molecule has 2 N–H and O–H groups in total. The lowest BCUT2D eigenvalue weighted by Gasteiger charge is -2.29. The smallest absolute Gasteiger partial charge is 0.250 e. The standard InChI is InChI=1S/C27H33N5O2S/c1-16(2)31-18(4)14-21(19(31)5)26-25(23-9-7-8-12-28-23)30-27(35)32(26)20-10-11-22(17(3)13-20)29-24(33)15-34-6/h7-14,16,25-26H,15H2,1-6H3,(H,29,33)(H,30,35)/t25-,26-/m1/s1. The van der Waals surface area contributed by atoms with Crippen LogP contribution in [0.1, 0.15) is 60.2 Å². The summed E-state index contributed by atoms with van der Waals surface area (Å²) in [6.45, 7) is 10.7. The molecule has 0 aliphatic carbocycles. The van der Waals surface area contributed by atoms with E-state index in [1.165, 1.54) is 24.1 Å². The van der Waals surface area contributed by atoms with Crippen molar-refractivity contribution < 1.29 is 9.53 Å². The van der Waals surface area contributed by atoms with E-state index in [1.807, 2.05) is 43.5 Å². The molecule has 2 aromatic heterocycles. The molecule has 1 aromatic carbocycles. The van der Waals surface area contributed by atoms with Crippen molar-refractivity contribution in [1.82, 2.24) is 14.9 Å². The van der Waals surface area contributed by atoms with E-state index in [4.69, 9.17) is 17.0 Å². The van der Waals surface area contributed by atoms with E-state index in [0.717, 1.165) is 22.6 Å². The maximum atomic E-state index is 12.0. The second kappa shape index (κ2) is 10.2. The maximum absolute atomic E-state index is 12.0. The first-order valence-corrected chi connectivity index (χ1v) is 12.2. The fraction of sp³-hybridized carbons (Fsp3) is 0.370. The van der Waals surface area contributed by atoms with E-state index in [2.05, 4.69) is 64.9 Å². The number of nitrogens with one attached hydrogen (secondary N) is 2. The number of rotatable bonds is 7. The minimum absolute atomic E-state index is 0.0145. The summed E-state index contributed by atoms with van der Waals surface area (Å²) in [6, 6.07) is 14.4. The minimum Gasteiger partial charge on any atom is -0.375 e. The maximum Gasteiger partial charge on any atom is 0.250 e. The first-order chi connectivity index (χ1) is 16.7. The number of benzene rings is 1. The zero-order chi connectivity index (χ0) is 25.3. The number of carbonyl (C=O) groups is 1. The molecule has 4 rings (SSSR count). The predicted molar refractivity (Wildman–Crippen MR) is 144 cm³/mol. The minimum atomic E-state index is -0.184. The average molecular weight is 492 g/mol. The van der Waals surface area contributed by atoms with E-state index in [1.54, 1.807) is 0 Å². The molecule has 0 unspecified atom stereocenters. The number of thiocarbonyl (C=S) groups is 1. The lowest BCUT2D eigenvalue weighted by atomic mass is 9.96. The number of carbonyl (C=O) groups excluding carboxylic acids is 1. The quantitative estimate of drug-likeness (QED) is 0.446. The predicted octanol–water partition coefficient (Wildman–Crippen LogP) is 5.15. The largest absolute Gasteiger partial charge is 0.375 e. The lowest BCUT2D eigenvalue weighted by molar-refractivity contribution is -0.119. The molecular weight excluding hydrogens is 458 g/mol. The highest BCUT2D eigenvalue weighted by Gasteiger charge is 2.42. The number of anilines is 2. The molecule has 2 atom stereocenters. The van der Waals surface area contributed by atoms with Gasteiger partial charge < -0.3 is 24.8 Å². The van der Waals surface area contributed by atoms with Gasteiger partial charge in [0.15, 0.2) is 5.11 Å². The van der Waals surface area contributed by atoms with Gasteiger partial charge in [-0.25, -0.2) is 0 Å². The van der Waals surface area contributed by atoms with Crippen molar-refractivity contribution in [2.45, 2.75) is 52.7 Å². The Balaban J connectivity index is 1.80. The van der Waals surface area contributed by atoms with Gasteiger partial charge in [-0.05, 0) is 94.4 Å². The Hall–Kier alpha value is -3.23. The zero-order valence-corrected chi connectivity index (χ0v) is 21.9. The fourth-order valence-corrected chi connectivity index (χ4v) is 5.45. The number of hydrogen-bond donors (Lipinski definition) is 2. The van der Waals surface area contributed by atoms with Crippen LogP contribution in [-0.2, 0) is 9.53 Å². The average Bonchev–Trinajstić information content (AvgIpc) is 3.31. The van der Waals surface area contributed by atoms with Crippen molar-refractivity contribution in [3.8, 4) is 0 Å². The van der Waals surface area contributed by atoms with Gasteiger partial charge in [0.2, 0.25) is 5.91 Å². The van der Waals surface area contributed by atoms with Crippen molar-refractivity contribution in [3.05, 3.63) is 76.9 Å². The summed E-state index contributed by atoms with van der Waals surface area (Å²) >= 11 is 5.89. The van der Waals surface area contributed by atoms with Crippen molar-refractivity contribution >= 4 is 34.6 Å². The van der Waals surface area contributed by atoms with Gasteiger partial charge in [0.25, 0.3) is 0 Å². The van der Waals surface area contributed by atoms with E-state index in [0.29, 0.717) is 11.2 Å². The van der Waals surface area contributed by atoms with E-state index < -0.39 is 0 Å². The third kappa shape index (κ3) is 4.81. The number of ether oxygens (including phenoxy) is 1. The van der Waals surface area contributed by atoms with Crippen molar-refractivity contribution in [3.63, 3.8) is 0 Å². The summed E-state index contributed by atoms with van der Waals surface area (Å²) in [7, 11) is 1.51. The summed E-state index contributed by atoms with van der Waals surface area (Å²) in [5.74, 6) is -0.184. The topological polar surface area (TPSA) is 71.4 Å². The van der Waals surface area contributed by atoms with Crippen LogP contribution in [0, 0.1) is 20.8 Å². The molecule has 0 radical (unpaired) electrons. The molecule has 0 saturated carbocycles. The van der Waals surface area contributed by atoms with Crippen molar-refractivity contribution in [2.75, 3.05) is 23.9 Å². The molecule has 1 saturated heterocycles. The van der Waals surface area contributed by atoms with Crippen molar-refractivity contribution in [1.29, 1.82) is 0 Å². The molecule has 35 heavy (non-hydrogen) atoms. The molecule has 1 aliphatic heterocycles. The van der Waals surface area contributed by atoms with E-state index in [9.17, 15) is 4.79 Å². The third-order valence-electron chi connectivity index (χ3n) is 6.49. The normalized spacial score (nSPS) is 17.7. The number of aryl methyl sites for hydroxylation is 2. The Bertz CT molecular complexity index is 1240. The second-order valence-corrected chi connectivity index (χ2v) is 9.65. The van der Waals surface area contributed by atoms with Gasteiger partial charge in [-0.3, -0.25) is 9.78 Å². The van der Waals surface area contributed by atoms with Gasteiger partial charge >= 0.3 is 0 Å². The molecule has 7 nitrogen and oxygen atoms in total. The van der Waals surface area contributed by atoms with Crippen LogP contribution in [-0.4, -0.2) is 34.3 Å². The number of pyridine rings is 1. The Kier molecular flexibility index (Phi) is 7.23. The van der Waals surface area contributed by atoms with Crippen LogP contribution in [0.25, 0.3) is 0 Å². The van der Waals surface area contributed by atoms with Crippen LogP contribution in [0.15, 0.2) is 48.7 Å². The molecule has 1 aliphatic rings.